The Hall–Kier alpha value is -1.69. The molecular formula is C12H13BrN4O. The molecule has 1 amide bonds. The maximum Gasteiger partial charge on any atom is 0.257 e. The van der Waals surface area contributed by atoms with Gasteiger partial charge in [-0.3, -0.25) is 9.48 Å². The number of carbonyl (C=O) groups is 1. The summed E-state index contributed by atoms with van der Waals surface area (Å²) in [6, 6.07) is 3.70. The summed E-state index contributed by atoms with van der Waals surface area (Å²) in [7, 11) is 0. The quantitative estimate of drug-likeness (QED) is 0.887. The van der Waals surface area contributed by atoms with Gasteiger partial charge in [-0.25, -0.2) is 4.98 Å². The van der Waals surface area contributed by atoms with Crippen molar-refractivity contribution < 1.29 is 4.79 Å². The van der Waals surface area contributed by atoms with Crippen molar-refractivity contribution in [3.63, 3.8) is 0 Å². The van der Waals surface area contributed by atoms with Gasteiger partial charge in [0.25, 0.3) is 5.91 Å². The second kappa shape index (κ2) is 5.30. The fraction of sp³-hybridized carbons (Fsp3) is 0.250. The zero-order valence-corrected chi connectivity index (χ0v) is 11.7. The molecule has 1 N–H and O–H groups in total. The van der Waals surface area contributed by atoms with Crippen molar-refractivity contribution in [2.45, 2.75) is 19.9 Å². The summed E-state index contributed by atoms with van der Waals surface area (Å²) in [6.45, 7) is 4.05. The van der Waals surface area contributed by atoms with E-state index in [4.69, 9.17) is 0 Å². The second-order valence-electron chi connectivity index (χ2n) is 4.13. The van der Waals surface area contributed by atoms with E-state index in [-0.39, 0.29) is 11.9 Å². The van der Waals surface area contributed by atoms with E-state index in [1.807, 2.05) is 13.8 Å². The van der Waals surface area contributed by atoms with Crippen LogP contribution in [0.4, 0.5) is 5.69 Å². The van der Waals surface area contributed by atoms with Gasteiger partial charge in [-0.1, -0.05) is 0 Å². The largest absolute Gasteiger partial charge is 0.319 e. The van der Waals surface area contributed by atoms with E-state index in [0.717, 1.165) is 0 Å². The van der Waals surface area contributed by atoms with Gasteiger partial charge in [-0.2, -0.15) is 5.10 Å². The monoisotopic (exact) mass is 308 g/mol. The first-order chi connectivity index (χ1) is 8.56. The van der Waals surface area contributed by atoms with Crippen LogP contribution in [0.2, 0.25) is 0 Å². The number of carbonyl (C=O) groups excluding carboxylic acids is 1. The molecule has 0 aliphatic rings. The third-order valence-electron chi connectivity index (χ3n) is 2.38. The fourth-order valence-electron chi connectivity index (χ4n) is 1.40. The first kappa shape index (κ1) is 12.8. The predicted octanol–water partition coefficient (Wildman–Crippen LogP) is 2.87. The van der Waals surface area contributed by atoms with Crippen LogP contribution in [-0.2, 0) is 0 Å². The van der Waals surface area contributed by atoms with E-state index in [2.05, 4.69) is 31.3 Å². The molecule has 2 rings (SSSR count). The molecular weight excluding hydrogens is 296 g/mol. The molecule has 0 spiro atoms. The minimum Gasteiger partial charge on any atom is -0.319 e. The van der Waals surface area contributed by atoms with Gasteiger partial charge in [0.1, 0.15) is 4.60 Å². The summed E-state index contributed by atoms with van der Waals surface area (Å²) in [5.74, 6) is -0.196. The highest BCUT2D eigenvalue weighted by molar-refractivity contribution is 9.10. The minimum atomic E-state index is -0.196. The second-order valence-corrected chi connectivity index (χ2v) is 4.94. The molecule has 0 unspecified atom stereocenters. The van der Waals surface area contributed by atoms with Crippen LogP contribution in [0, 0.1) is 0 Å². The molecule has 0 atom stereocenters. The molecule has 0 radical (unpaired) electrons. The number of rotatable bonds is 3. The molecule has 0 fully saturated rings. The Balaban J connectivity index is 2.08. The lowest BCUT2D eigenvalue weighted by molar-refractivity contribution is 0.102. The Morgan fingerprint density at radius 1 is 1.39 bits per heavy atom. The number of pyridine rings is 1. The van der Waals surface area contributed by atoms with Gasteiger partial charge < -0.3 is 5.32 Å². The summed E-state index contributed by atoms with van der Waals surface area (Å²) in [5.41, 5.74) is 1.19. The van der Waals surface area contributed by atoms with Crippen LogP contribution in [-0.4, -0.2) is 20.7 Å². The maximum atomic E-state index is 11.9. The maximum absolute atomic E-state index is 11.9. The summed E-state index contributed by atoms with van der Waals surface area (Å²) < 4.78 is 2.49. The predicted molar refractivity (Wildman–Crippen MR) is 72.5 cm³/mol. The van der Waals surface area contributed by atoms with E-state index in [9.17, 15) is 4.79 Å². The van der Waals surface area contributed by atoms with Gasteiger partial charge in [0, 0.05) is 18.4 Å². The Kier molecular flexibility index (Phi) is 3.76. The molecule has 94 valence electrons. The summed E-state index contributed by atoms with van der Waals surface area (Å²) in [4.78, 5) is 15.9. The first-order valence-corrected chi connectivity index (χ1v) is 6.32. The van der Waals surface area contributed by atoms with Crippen LogP contribution in [0.1, 0.15) is 30.2 Å². The fourth-order valence-corrected chi connectivity index (χ4v) is 1.63. The van der Waals surface area contributed by atoms with Crippen LogP contribution in [0.25, 0.3) is 0 Å². The van der Waals surface area contributed by atoms with Crippen molar-refractivity contribution >= 4 is 27.5 Å². The highest BCUT2D eigenvalue weighted by Crippen LogP contribution is 2.12. The number of nitrogens with one attached hydrogen (secondary N) is 1. The van der Waals surface area contributed by atoms with Crippen LogP contribution in [0.3, 0.4) is 0 Å². The third kappa shape index (κ3) is 2.95. The van der Waals surface area contributed by atoms with E-state index >= 15 is 0 Å². The van der Waals surface area contributed by atoms with Crippen molar-refractivity contribution in [2.75, 3.05) is 5.32 Å². The van der Waals surface area contributed by atoms with Crippen molar-refractivity contribution in [2.24, 2.45) is 0 Å². The number of anilines is 1. The van der Waals surface area contributed by atoms with E-state index < -0.39 is 0 Å². The number of halogens is 1. The number of amides is 1. The van der Waals surface area contributed by atoms with Gasteiger partial charge in [0.15, 0.2) is 0 Å². The average Bonchev–Trinajstić information content (AvgIpc) is 2.78. The van der Waals surface area contributed by atoms with Gasteiger partial charge in [0.2, 0.25) is 0 Å². The van der Waals surface area contributed by atoms with Crippen molar-refractivity contribution in [1.82, 2.24) is 14.8 Å². The van der Waals surface area contributed by atoms with Crippen LogP contribution >= 0.6 is 15.9 Å². The Bertz CT molecular complexity index is 547. The molecule has 0 aliphatic carbocycles. The topological polar surface area (TPSA) is 59.8 Å². The van der Waals surface area contributed by atoms with E-state index in [0.29, 0.717) is 15.9 Å². The lowest BCUT2D eigenvalue weighted by Gasteiger charge is -2.04. The molecule has 0 aliphatic heterocycles. The molecule has 6 heteroatoms. The Labute approximate surface area is 113 Å². The number of hydrogen-bond donors (Lipinski definition) is 1. The molecule has 0 saturated heterocycles. The molecule has 2 heterocycles. The van der Waals surface area contributed by atoms with E-state index in [1.165, 1.54) is 6.20 Å². The number of hydrogen-bond acceptors (Lipinski definition) is 3. The molecule has 18 heavy (non-hydrogen) atoms. The summed E-state index contributed by atoms with van der Waals surface area (Å²) >= 11 is 3.22. The van der Waals surface area contributed by atoms with Crippen molar-refractivity contribution in [1.29, 1.82) is 0 Å². The molecule has 5 nitrogen and oxygen atoms in total. The Morgan fingerprint density at radius 3 is 2.72 bits per heavy atom. The highest BCUT2D eigenvalue weighted by atomic mass is 79.9. The van der Waals surface area contributed by atoms with Gasteiger partial charge >= 0.3 is 0 Å². The first-order valence-electron chi connectivity index (χ1n) is 5.53. The van der Waals surface area contributed by atoms with Gasteiger partial charge in [0.05, 0.1) is 17.4 Å². The molecule has 0 saturated carbocycles. The standard InChI is InChI=1S/C12H13BrN4O/c1-8(2)17-7-10(6-15-17)16-12(18)9-3-4-11(13)14-5-9/h3-8H,1-2H3,(H,16,18). The number of aromatic nitrogens is 3. The summed E-state index contributed by atoms with van der Waals surface area (Å²) in [6.07, 6.45) is 4.95. The average molecular weight is 309 g/mol. The van der Waals surface area contributed by atoms with Crippen LogP contribution in [0.5, 0.6) is 0 Å². The number of nitrogens with zero attached hydrogens (tertiary/aromatic N) is 3. The zero-order valence-electron chi connectivity index (χ0n) is 10.1. The van der Waals surface area contributed by atoms with Crippen LogP contribution < -0.4 is 5.32 Å². The lowest BCUT2D eigenvalue weighted by atomic mass is 10.2. The summed E-state index contributed by atoms with van der Waals surface area (Å²) in [5, 5.41) is 6.93. The third-order valence-corrected chi connectivity index (χ3v) is 2.85. The van der Waals surface area contributed by atoms with Crippen molar-refractivity contribution in [3.8, 4) is 0 Å². The minimum absolute atomic E-state index is 0.196. The molecule has 0 aromatic carbocycles. The smallest absolute Gasteiger partial charge is 0.257 e. The zero-order chi connectivity index (χ0) is 13.1. The highest BCUT2D eigenvalue weighted by Gasteiger charge is 2.08. The molecule has 2 aromatic rings. The van der Waals surface area contributed by atoms with Crippen LogP contribution in [0.15, 0.2) is 35.3 Å². The van der Waals surface area contributed by atoms with E-state index in [1.54, 1.807) is 29.2 Å². The van der Waals surface area contributed by atoms with Gasteiger partial charge in [-0.15, -0.1) is 0 Å². The van der Waals surface area contributed by atoms with Crippen molar-refractivity contribution in [3.05, 3.63) is 40.9 Å². The normalized spacial score (nSPS) is 10.7. The molecule has 2 aromatic heterocycles. The SMILES string of the molecule is CC(C)n1cc(NC(=O)c2ccc(Br)nc2)cn1. The lowest BCUT2D eigenvalue weighted by Crippen LogP contribution is -2.11. The molecule has 0 bridgehead atoms. The van der Waals surface area contributed by atoms with Gasteiger partial charge in [-0.05, 0) is 41.9 Å². The Morgan fingerprint density at radius 2 is 2.17 bits per heavy atom.